The summed E-state index contributed by atoms with van der Waals surface area (Å²) in [6.07, 6.45) is 0.851. The number of fused-ring (bicyclic) bond motifs is 1. The number of hydrogen-bond acceptors (Lipinski definition) is 5. The summed E-state index contributed by atoms with van der Waals surface area (Å²) >= 11 is 10.2. The minimum absolute atomic E-state index is 0.370. The third-order valence-corrected chi connectivity index (χ3v) is 6.63. The van der Waals surface area contributed by atoms with Gasteiger partial charge in [0.2, 0.25) is 0 Å². The van der Waals surface area contributed by atoms with Crippen LogP contribution >= 0.6 is 35.1 Å². The molecule has 1 fully saturated rings. The molecule has 18 heavy (non-hydrogen) atoms. The molecule has 1 aromatic heterocycles. The first-order valence-corrected chi connectivity index (χ1v) is 8.59. The minimum Gasteiger partial charge on any atom is -0.376 e. The predicted molar refractivity (Wildman–Crippen MR) is 77.5 cm³/mol. The molecule has 0 radical (unpaired) electrons. The van der Waals surface area contributed by atoms with Gasteiger partial charge in [0.15, 0.2) is 0 Å². The van der Waals surface area contributed by atoms with Crippen LogP contribution in [0.15, 0.2) is 0 Å². The van der Waals surface area contributed by atoms with Crippen molar-refractivity contribution >= 4 is 35.1 Å². The van der Waals surface area contributed by atoms with Crippen molar-refractivity contribution in [3.63, 3.8) is 0 Å². The Bertz CT molecular complexity index is 458. The van der Waals surface area contributed by atoms with E-state index < -0.39 is 0 Å². The van der Waals surface area contributed by atoms with E-state index in [-0.39, 0.29) is 0 Å². The summed E-state index contributed by atoms with van der Waals surface area (Å²) in [6, 6.07) is 0. The first kappa shape index (κ1) is 13.0. The van der Waals surface area contributed by atoms with Crippen molar-refractivity contribution < 1.29 is 4.74 Å². The maximum Gasteiger partial charge on any atom is 0.144 e. The van der Waals surface area contributed by atoms with Crippen LogP contribution in [0.2, 0.25) is 5.15 Å². The van der Waals surface area contributed by atoms with Gasteiger partial charge in [0.05, 0.1) is 24.2 Å². The van der Waals surface area contributed by atoms with Crippen LogP contribution in [0.1, 0.15) is 29.3 Å². The zero-order valence-corrected chi connectivity index (χ0v) is 12.6. The molecule has 2 aliphatic rings. The molecule has 1 aromatic rings. The molecule has 3 heterocycles. The highest BCUT2D eigenvalue weighted by Crippen LogP contribution is 2.41. The van der Waals surface area contributed by atoms with E-state index in [0.29, 0.717) is 22.3 Å². The summed E-state index contributed by atoms with van der Waals surface area (Å²) in [4.78, 5) is 9.24. The van der Waals surface area contributed by atoms with Gasteiger partial charge in [-0.15, -0.1) is 11.8 Å². The average molecular weight is 303 g/mol. The average Bonchev–Trinajstić information content (AvgIpc) is 2.39. The lowest BCUT2D eigenvalue weighted by Gasteiger charge is -2.27. The van der Waals surface area contributed by atoms with Crippen LogP contribution in [-0.4, -0.2) is 33.3 Å². The van der Waals surface area contributed by atoms with E-state index in [4.69, 9.17) is 21.3 Å². The Hall–Kier alpha value is 0.0300. The van der Waals surface area contributed by atoms with Gasteiger partial charge in [-0.1, -0.05) is 18.5 Å². The van der Waals surface area contributed by atoms with E-state index in [1.165, 1.54) is 11.5 Å². The fourth-order valence-electron chi connectivity index (χ4n) is 2.25. The van der Waals surface area contributed by atoms with Gasteiger partial charge < -0.3 is 4.74 Å². The molecule has 0 amide bonds. The van der Waals surface area contributed by atoms with Gasteiger partial charge in [-0.2, -0.15) is 11.8 Å². The topological polar surface area (TPSA) is 35.0 Å². The molecule has 0 aromatic carbocycles. The smallest absolute Gasteiger partial charge is 0.144 e. The summed E-state index contributed by atoms with van der Waals surface area (Å²) in [7, 11) is 0. The SMILES string of the molecule is CC1SCCSC1c1nc(Cl)c2c(n1)CCOC2. The normalized spacial score (nSPS) is 27.9. The van der Waals surface area contributed by atoms with E-state index in [1.54, 1.807) is 0 Å². The molecule has 2 unspecified atom stereocenters. The van der Waals surface area contributed by atoms with Crippen molar-refractivity contribution in [2.75, 3.05) is 18.1 Å². The molecule has 3 rings (SSSR count). The first-order valence-electron chi connectivity index (χ1n) is 6.12. The van der Waals surface area contributed by atoms with Gasteiger partial charge in [-0.3, -0.25) is 0 Å². The minimum atomic E-state index is 0.370. The third-order valence-electron chi connectivity index (χ3n) is 3.23. The van der Waals surface area contributed by atoms with Crippen LogP contribution in [0, 0.1) is 0 Å². The lowest BCUT2D eigenvalue weighted by molar-refractivity contribution is 0.108. The Labute approximate surface area is 120 Å². The maximum atomic E-state index is 6.27. The predicted octanol–water partition coefficient (Wildman–Crippen LogP) is 3.11. The highest BCUT2D eigenvalue weighted by atomic mass is 35.5. The largest absolute Gasteiger partial charge is 0.376 e. The van der Waals surface area contributed by atoms with E-state index in [0.717, 1.165) is 30.1 Å². The van der Waals surface area contributed by atoms with Crippen molar-refractivity contribution in [2.24, 2.45) is 0 Å². The first-order chi connectivity index (χ1) is 8.75. The van der Waals surface area contributed by atoms with Crippen LogP contribution in [0.5, 0.6) is 0 Å². The number of thioether (sulfide) groups is 2. The second-order valence-electron chi connectivity index (χ2n) is 4.47. The van der Waals surface area contributed by atoms with Gasteiger partial charge in [-0.25, -0.2) is 9.97 Å². The molecular formula is C12H15ClN2OS2. The van der Waals surface area contributed by atoms with E-state index >= 15 is 0 Å². The zero-order chi connectivity index (χ0) is 12.5. The molecule has 2 atom stereocenters. The number of nitrogens with zero attached hydrogens (tertiary/aromatic N) is 2. The van der Waals surface area contributed by atoms with Crippen LogP contribution in [0.25, 0.3) is 0 Å². The van der Waals surface area contributed by atoms with E-state index in [1.807, 2.05) is 23.5 Å². The molecule has 0 saturated carbocycles. The summed E-state index contributed by atoms with van der Waals surface area (Å²) in [5.74, 6) is 3.29. The molecule has 1 saturated heterocycles. The Morgan fingerprint density at radius 1 is 1.28 bits per heavy atom. The number of halogens is 1. The van der Waals surface area contributed by atoms with E-state index in [9.17, 15) is 0 Å². The molecular weight excluding hydrogens is 288 g/mol. The molecule has 0 spiro atoms. The van der Waals surface area contributed by atoms with Gasteiger partial charge in [-0.05, 0) is 0 Å². The molecule has 3 nitrogen and oxygen atoms in total. The fourth-order valence-corrected chi connectivity index (χ4v) is 5.19. The lowest BCUT2D eigenvalue weighted by atomic mass is 10.1. The van der Waals surface area contributed by atoms with Crippen LogP contribution in [0.4, 0.5) is 0 Å². The zero-order valence-electron chi connectivity index (χ0n) is 10.2. The molecule has 0 N–H and O–H groups in total. The Balaban J connectivity index is 1.94. The second kappa shape index (κ2) is 5.57. The van der Waals surface area contributed by atoms with Gasteiger partial charge in [0, 0.05) is 28.7 Å². The summed E-state index contributed by atoms with van der Waals surface area (Å²) in [5, 5.41) is 1.50. The van der Waals surface area contributed by atoms with E-state index in [2.05, 4.69) is 11.9 Å². The van der Waals surface area contributed by atoms with Crippen molar-refractivity contribution in [1.29, 1.82) is 0 Å². The van der Waals surface area contributed by atoms with Crippen LogP contribution < -0.4 is 0 Å². The van der Waals surface area contributed by atoms with Gasteiger partial charge >= 0.3 is 0 Å². The summed E-state index contributed by atoms with van der Waals surface area (Å²) < 4.78 is 5.41. The van der Waals surface area contributed by atoms with Gasteiger partial charge in [0.1, 0.15) is 11.0 Å². The highest BCUT2D eigenvalue weighted by Gasteiger charge is 2.28. The third kappa shape index (κ3) is 2.50. The number of rotatable bonds is 1. The molecule has 6 heteroatoms. The number of ether oxygens (including phenoxy) is 1. The standard InChI is InChI=1S/C12H15ClN2OS2/c1-7-10(18-5-4-17-7)12-14-9-2-3-16-6-8(9)11(13)15-12/h7,10H,2-6H2,1H3. The lowest BCUT2D eigenvalue weighted by Crippen LogP contribution is -2.21. The van der Waals surface area contributed by atoms with Crippen LogP contribution in [-0.2, 0) is 17.8 Å². The van der Waals surface area contributed by atoms with Crippen LogP contribution in [0.3, 0.4) is 0 Å². The van der Waals surface area contributed by atoms with Gasteiger partial charge in [0.25, 0.3) is 0 Å². The number of hydrogen-bond donors (Lipinski definition) is 0. The highest BCUT2D eigenvalue weighted by molar-refractivity contribution is 8.06. The molecule has 0 bridgehead atoms. The maximum absolute atomic E-state index is 6.27. The Morgan fingerprint density at radius 3 is 2.94 bits per heavy atom. The monoisotopic (exact) mass is 302 g/mol. The van der Waals surface area contributed by atoms with Crippen molar-refractivity contribution in [1.82, 2.24) is 9.97 Å². The van der Waals surface area contributed by atoms with Crippen molar-refractivity contribution in [3.05, 3.63) is 22.2 Å². The molecule has 98 valence electrons. The summed E-state index contributed by atoms with van der Waals surface area (Å²) in [6.45, 7) is 3.54. The van der Waals surface area contributed by atoms with Crippen molar-refractivity contribution in [2.45, 2.75) is 30.5 Å². The quantitative estimate of drug-likeness (QED) is 0.745. The van der Waals surface area contributed by atoms with Crippen molar-refractivity contribution in [3.8, 4) is 0 Å². The summed E-state index contributed by atoms with van der Waals surface area (Å²) in [5.41, 5.74) is 2.06. The fraction of sp³-hybridized carbons (Fsp3) is 0.667. The number of aromatic nitrogens is 2. The molecule has 2 aliphatic heterocycles. The molecule has 0 aliphatic carbocycles. The second-order valence-corrected chi connectivity index (χ2v) is 7.56. The Morgan fingerprint density at radius 2 is 2.11 bits per heavy atom. The Kier molecular flexibility index (Phi) is 4.03.